The summed E-state index contributed by atoms with van der Waals surface area (Å²) in [5.74, 6) is -0.675. The number of hydrogen-bond acceptors (Lipinski definition) is 5. The minimum absolute atomic E-state index is 0.197. The fraction of sp³-hybridized carbons (Fsp3) is 0.600. The molecule has 6 heteroatoms. The number of carbonyl (C=O) groups is 2. The molecule has 2 N–H and O–H groups in total. The number of carbonyl (C=O) groups excluding carboxylic acids is 2. The van der Waals surface area contributed by atoms with Crippen LogP contribution in [0.15, 0.2) is 30.3 Å². The summed E-state index contributed by atoms with van der Waals surface area (Å²) in [6.07, 6.45) is 1.95. The Bertz CT molecular complexity index is 593. The average Bonchev–Trinajstić information content (AvgIpc) is 3.07. The smallest absolute Gasteiger partial charge is 0.331 e. The maximum Gasteiger partial charge on any atom is 0.331 e. The lowest BCUT2D eigenvalue weighted by atomic mass is 9.99. The van der Waals surface area contributed by atoms with Crippen molar-refractivity contribution in [2.45, 2.75) is 52.1 Å². The summed E-state index contributed by atoms with van der Waals surface area (Å²) < 4.78 is 5.03. The van der Waals surface area contributed by atoms with Crippen LogP contribution in [0.2, 0.25) is 0 Å². The van der Waals surface area contributed by atoms with Gasteiger partial charge in [-0.25, -0.2) is 9.86 Å². The molecular formula is C20H30N2O4. The molecule has 1 aliphatic rings. The number of hydroxylamine groups is 2. The number of amides is 1. The van der Waals surface area contributed by atoms with Crippen LogP contribution in [0.1, 0.15) is 39.2 Å². The van der Waals surface area contributed by atoms with E-state index in [0.29, 0.717) is 19.4 Å². The summed E-state index contributed by atoms with van der Waals surface area (Å²) in [4.78, 5) is 30.8. The first kappa shape index (κ1) is 20.4. The molecule has 4 atom stereocenters. The zero-order valence-corrected chi connectivity index (χ0v) is 15.9. The highest BCUT2D eigenvalue weighted by molar-refractivity contribution is 5.85. The molecule has 0 spiro atoms. The first-order valence-corrected chi connectivity index (χ1v) is 9.36. The lowest BCUT2D eigenvalue weighted by Crippen LogP contribution is -2.48. The minimum Gasteiger partial charge on any atom is -0.464 e. The minimum atomic E-state index is -0.690. The molecular weight excluding hydrogens is 332 g/mol. The number of esters is 1. The van der Waals surface area contributed by atoms with Gasteiger partial charge < -0.3 is 10.5 Å². The first-order chi connectivity index (χ1) is 12.4. The van der Waals surface area contributed by atoms with Crippen LogP contribution in [0, 0.1) is 11.8 Å². The van der Waals surface area contributed by atoms with E-state index in [9.17, 15) is 9.59 Å². The van der Waals surface area contributed by atoms with Crippen molar-refractivity contribution in [2.75, 3.05) is 13.2 Å². The number of rotatable bonds is 9. The van der Waals surface area contributed by atoms with Gasteiger partial charge in [0.15, 0.2) is 6.04 Å². The molecule has 1 aromatic carbocycles. The number of hydrogen-bond donors (Lipinski definition) is 1. The number of cyclic esters (lactones) is 1. The van der Waals surface area contributed by atoms with Gasteiger partial charge in [0.05, 0.1) is 13.2 Å². The molecule has 2 unspecified atom stereocenters. The van der Waals surface area contributed by atoms with Crippen LogP contribution in [0.4, 0.5) is 0 Å². The Morgan fingerprint density at radius 3 is 2.62 bits per heavy atom. The molecule has 0 radical (unpaired) electrons. The zero-order valence-electron chi connectivity index (χ0n) is 15.9. The van der Waals surface area contributed by atoms with Gasteiger partial charge in [-0.2, -0.15) is 0 Å². The molecule has 1 fully saturated rings. The van der Waals surface area contributed by atoms with Crippen LogP contribution in [-0.4, -0.2) is 42.2 Å². The number of nitrogens with two attached hydrogens (primary N) is 1. The molecule has 2 rings (SSSR count). The van der Waals surface area contributed by atoms with Gasteiger partial charge in [0.25, 0.3) is 0 Å². The van der Waals surface area contributed by atoms with E-state index >= 15 is 0 Å². The Morgan fingerprint density at radius 1 is 1.35 bits per heavy atom. The normalized spacial score (nSPS) is 20.3. The van der Waals surface area contributed by atoms with Gasteiger partial charge in [-0.1, -0.05) is 57.5 Å². The van der Waals surface area contributed by atoms with E-state index in [1.165, 1.54) is 5.06 Å². The summed E-state index contributed by atoms with van der Waals surface area (Å²) in [6, 6.07) is 8.91. The van der Waals surface area contributed by atoms with Crippen LogP contribution in [-0.2, 0) is 25.6 Å². The van der Waals surface area contributed by atoms with E-state index in [1.54, 1.807) is 0 Å². The van der Waals surface area contributed by atoms with Gasteiger partial charge in [0.2, 0.25) is 5.91 Å². The van der Waals surface area contributed by atoms with Crippen molar-refractivity contribution >= 4 is 11.9 Å². The quantitative estimate of drug-likeness (QED) is 0.538. The molecule has 144 valence electrons. The summed E-state index contributed by atoms with van der Waals surface area (Å²) >= 11 is 0. The van der Waals surface area contributed by atoms with Crippen molar-refractivity contribution < 1.29 is 19.2 Å². The van der Waals surface area contributed by atoms with Gasteiger partial charge in [0, 0.05) is 18.4 Å². The Labute approximate surface area is 155 Å². The largest absolute Gasteiger partial charge is 0.464 e. The van der Waals surface area contributed by atoms with Crippen molar-refractivity contribution in [3.8, 4) is 0 Å². The molecule has 6 nitrogen and oxygen atoms in total. The van der Waals surface area contributed by atoms with E-state index in [-0.39, 0.29) is 30.4 Å². The van der Waals surface area contributed by atoms with E-state index < -0.39 is 12.0 Å². The fourth-order valence-corrected chi connectivity index (χ4v) is 2.91. The highest BCUT2D eigenvalue weighted by atomic mass is 16.7. The van der Waals surface area contributed by atoms with E-state index in [0.717, 1.165) is 12.0 Å². The van der Waals surface area contributed by atoms with Crippen LogP contribution in [0.3, 0.4) is 0 Å². The summed E-state index contributed by atoms with van der Waals surface area (Å²) in [6.45, 7) is 6.45. The monoisotopic (exact) mass is 362 g/mol. The van der Waals surface area contributed by atoms with Crippen molar-refractivity contribution in [2.24, 2.45) is 17.6 Å². The molecule has 0 bridgehead atoms. The molecule has 1 aromatic rings. The van der Waals surface area contributed by atoms with Crippen LogP contribution >= 0.6 is 0 Å². The van der Waals surface area contributed by atoms with E-state index in [2.05, 4.69) is 6.92 Å². The van der Waals surface area contributed by atoms with Crippen molar-refractivity contribution in [1.82, 2.24) is 5.06 Å². The third-order valence-electron chi connectivity index (χ3n) is 5.00. The Hall–Kier alpha value is -1.92. The molecule has 0 aliphatic carbocycles. The SMILES string of the molecule is CC[C@H](C)C(N)CON(C(=O)C(C)Cc1ccccc1)[C@H]1CCOC1=O. The third-order valence-corrected chi connectivity index (χ3v) is 5.00. The number of nitrogens with zero attached hydrogens (tertiary/aromatic N) is 1. The van der Waals surface area contributed by atoms with Gasteiger partial charge in [-0.15, -0.1) is 0 Å². The lowest BCUT2D eigenvalue weighted by molar-refractivity contribution is -0.208. The standard InChI is InChI=1S/C20H30N2O4/c1-4-14(2)17(21)13-26-22(18-10-11-25-20(18)24)19(23)15(3)12-16-8-6-5-7-9-16/h5-9,14-15,17-18H,4,10-13,21H2,1-3H3/t14-,15?,17?,18-/m0/s1. The summed E-state index contributed by atoms with van der Waals surface area (Å²) in [5, 5.41) is 1.21. The lowest BCUT2D eigenvalue weighted by Gasteiger charge is -2.30. The second-order valence-electron chi connectivity index (χ2n) is 7.07. The molecule has 1 heterocycles. The third kappa shape index (κ3) is 5.29. The average molecular weight is 362 g/mol. The molecule has 0 saturated carbocycles. The van der Waals surface area contributed by atoms with Crippen molar-refractivity contribution in [3.05, 3.63) is 35.9 Å². The maximum absolute atomic E-state index is 13.0. The Kier molecular flexibility index (Phi) is 7.60. The number of benzene rings is 1. The summed E-state index contributed by atoms with van der Waals surface area (Å²) in [5.41, 5.74) is 7.20. The van der Waals surface area contributed by atoms with Crippen LogP contribution in [0.25, 0.3) is 0 Å². The molecule has 1 aliphatic heterocycles. The second-order valence-corrected chi connectivity index (χ2v) is 7.07. The van der Waals surface area contributed by atoms with Crippen LogP contribution < -0.4 is 5.73 Å². The predicted octanol–water partition coefficient (Wildman–Crippen LogP) is 2.31. The van der Waals surface area contributed by atoms with Crippen molar-refractivity contribution in [3.63, 3.8) is 0 Å². The van der Waals surface area contributed by atoms with Gasteiger partial charge >= 0.3 is 5.97 Å². The first-order valence-electron chi connectivity index (χ1n) is 9.36. The molecule has 1 saturated heterocycles. The number of ether oxygens (including phenoxy) is 1. The molecule has 0 aromatic heterocycles. The summed E-state index contributed by atoms with van der Waals surface area (Å²) in [7, 11) is 0. The molecule has 26 heavy (non-hydrogen) atoms. The van der Waals surface area contributed by atoms with Gasteiger partial charge in [-0.05, 0) is 17.9 Å². The zero-order chi connectivity index (χ0) is 19.1. The topological polar surface area (TPSA) is 81.9 Å². The fourth-order valence-electron chi connectivity index (χ4n) is 2.91. The predicted molar refractivity (Wildman–Crippen MR) is 98.9 cm³/mol. The maximum atomic E-state index is 13.0. The van der Waals surface area contributed by atoms with Gasteiger partial charge in [0.1, 0.15) is 0 Å². The van der Waals surface area contributed by atoms with E-state index in [4.69, 9.17) is 15.3 Å². The second kappa shape index (κ2) is 9.69. The highest BCUT2D eigenvalue weighted by Gasteiger charge is 2.38. The Balaban J connectivity index is 2.06. The highest BCUT2D eigenvalue weighted by Crippen LogP contribution is 2.20. The van der Waals surface area contributed by atoms with Crippen molar-refractivity contribution in [1.29, 1.82) is 0 Å². The van der Waals surface area contributed by atoms with Gasteiger partial charge in [-0.3, -0.25) is 9.63 Å². The van der Waals surface area contributed by atoms with E-state index in [1.807, 2.05) is 44.2 Å². The Morgan fingerprint density at radius 2 is 2.04 bits per heavy atom. The van der Waals surface area contributed by atoms with Crippen LogP contribution in [0.5, 0.6) is 0 Å². The molecule has 1 amide bonds.